The summed E-state index contributed by atoms with van der Waals surface area (Å²) < 4.78 is 0. The molecular weight excluding hydrogens is 502 g/mol. The number of anilines is 2. The average Bonchev–Trinajstić information content (AvgIpc) is 3.84. The third-order valence-electron chi connectivity index (χ3n) is 7.70. The number of carbonyl (C=O) groups is 3. The first kappa shape index (κ1) is 27.4. The van der Waals surface area contributed by atoms with Crippen LogP contribution in [-0.2, 0) is 16.1 Å². The summed E-state index contributed by atoms with van der Waals surface area (Å²) >= 11 is 0. The third-order valence-corrected chi connectivity index (χ3v) is 7.70. The first-order valence-corrected chi connectivity index (χ1v) is 14.3. The highest BCUT2D eigenvalue weighted by Crippen LogP contribution is 2.35. The molecule has 0 aromatic heterocycles. The maximum atomic E-state index is 13.2. The van der Waals surface area contributed by atoms with Crippen molar-refractivity contribution in [3.63, 3.8) is 0 Å². The summed E-state index contributed by atoms with van der Waals surface area (Å²) in [6, 6.07) is 23.5. The number of carboxylic acids is 1. The van der Waals surface area contributed by atoms with E-state index in [0.29, 0.717) is 12.1 Å². The Bertz CT molecular complexity index is 1340. The zero-order valence-corrected chi connectivity index (χ0v) is 22.9. The van der Waals surface area contributed by atoms with Crippen LogP contribution in [0.25, 0.3) is 11.1 Å². The molecule has 3 aromatic carbocycles. The lowest BCUT2D eigenvalue weighted by Gasteiger charge is -2.26. The number of rotatable bonds is 10. The number of aliphatic carboxylic acids is 1. The fourth-order valence-corrected chi connectivity index (χ4v) is 5.34. The topological polar surface area (TPSA) is 89.9 Å². The molecule has 3 aromatic rings. The van der Waals surface area contributed by atoms with Crippen molar-refractivity contribution in [2.24, 2.45) is 5.92 Å². The Morgan fingerprint density at radius 3 is 2.27 bits per heavy atom. The molecule has 5 rings (SSSR count). The zero-order chi connectivity index (χ0) is 27.9. The number of carboxylic acid groups (broad SMARTS) is 1. The Morgan fingerprint density at radius 2 is 1.57 bits per heavy atom. The number of benzene rings is 3. The normalized spacial score (nSPS) is 15.2. The summed E-state index contributed by atoms with van der Waals surface area (Å²) in [6.45, 7) is 2.50. The van der Waals surface area contributed by atoms with Gasteiger partial charge >= 0.3 is 5.97 Å². The molecule has 1 saturated carbocycles. The first-order chi connectivity index (χ1) is 19.5. The minimum absolute atomic E-state index is 0.0271. The van der Waals surface area contributed by atoms with Crippen molar-refractivity contribution in [2.45, 2.75) is 51.5 Å². The van der Waals surface area contributed by atoms with Crippen molar-refractivity contribution in [3.05, 3.63) is 83.9 Å². The van der Waals surface area contributed by atoms with Crippen LogP contribution in [0.5, 0.6) is 0 Å². The highest BCUT2D eigenvalue weighted by Gasteiger charge is 2.33. The van der Waals surface area contributed by atoms with Crippen LogP contribution in [0.2, 0.25) is 0 Å². The van der Waals surface area contributed by atoms with Crippen molar-refractivity contribution >= 4 is 29.2 Å². The Balaban J connectivity index is 1.42. The highest BCUT2D eigenvalue weighted by atomic mass is 16.4. The van der Waals surface area contributed by atoms with E-state index in [1.54, 1.807) is 4.90 Å². The van der Waals surface area contributed by atoms with Crippen LogP contribution in [0.15, 0.2) is 72.8 Å². The van der Waals surface area contributed by atoms with Crippen LogP contribution >= 0.6 is 0 Å². The van der Waals surface area contributed by atoms with Crippen LogP contribution < -0.4 is 10.2 Å². The number of hydrogen-bond donors (Lipinski definition) is 2. The van der Waals surface area contributed by atoms with Crippen LogP contribution in [0.3, 0.4) is 0 Å². The molecular formula is C33H37N3O4. The van der Waals surface area contributed by atoms with E-state index in [9.17, 15) is 19.5 Å². The summed E-state index contributed by atoms with van der Waals surface area (Å²) in [5.74, 6) is -0.981. The molecule has 0 spiro atoms. The average molecular weight is 540 g/mol. The van der Waals surface area contributed by atoms with Gasteiger partial charge in [0, 0.05) is 37.7 Å². The number of carbonyl (C=O) groups excluding carboxylic acids is 2. The second-order valence-electron chi connectivity index (χ2n) is 10.8. The van der Waals surface area contributed by atoms with Crippen molar-refractivity contribution in [1.82, 2.24) is 4.90 Å². The summed E-state index contributed by atoms with van der Waals surface area (Å²) in [4.78, 5) is 41.3. The highest BCUT2D eigenvalue weighted by molar-refractivity contribution is 6.06. The van der Waals surface area contributed by atoms with Gasteiger partial charge in [0.2, 0.25) is 5.91 Å². The summed E-state index contributed by atoms with van der Waals surface area (Å²) in [5, 5.41) is 12.4. The SMILES string of the molecule is O=C(O)CCN(Cc1cccc(-c2ccc(N3CCCCCC3)c(NC(=O)c3ccccc3)c2)c1)C(=O)C1CC1. The molecule has 7 nitrogen and oxygen atoms in total. The zero-order valence-electron chi connectivity index (χ0n) is 22.9. The minimum atomic E-state index is -0.906. The van der Waals surface area contributed by atoms with Crippen molar-refractivity contribution in [2.75, 3.05) is 29.9 Å². The van der Waals surface area contributed by atoms with Gasteiger partial charge in [-0.15, -0.1) is 0 Å². The molecule has 0 atom stereocenters. The van der Waals surface area contributed by atoms with E-state index in [4.69, 9.17) is 0 Å². The molecule has 1 saturated heterocycles. The molecule has 208 valence electrons. The predicted octanol–water partition coefficient (Wildman–Crippen LogP) is 6.20. The van der Waals surface area contributed by atoms with E-state index in [2.05, 4.69) is 28.4 Å². The van der Waals surface area contributed by atoms with E-state index >= 15 is 0 Å². The lowest BCUT2D eigenvalue weighted by atomic mass is 10.0. The Morgan fingerprint density at radius 1 is 0.850 bits per heavy atom. The molecule has 1 heterocycles. The fourth-order valence-electron chi connectivity index (χ4n) is 5.34. The third kappa shape index (κ3) is 7.08. The Kier molecular flexibility index (Phi) is 8.79. The molecule has 0 bridgehead atoms. The van der Waals surface area contributed by atoms with E-state index in [0.717, 1.165) is 66.8 Å². The second-order valence-corrected chi connectivity index (χ2v) is 10.8. The molecule has 1 aliphatic carbocycles. The van der Waals surface area contributed by atoms with Gasteiger partial charge in [-0.2, -0.15) is 0 Å². The van der Waals surface area contributed by atoms with Crippen LogP contribution in [-0.4, -0.2) is 47.4 Å². The molecule has 40 heavy (non-hydrogen) atoms. The van der Waals surface area contributed by atoms with Crippen molar-refractivity contribution < 1.29 is 19.5 Å². The fraction of sp³-hybridized carbons (Fsp3) is 0.364. The van der Waals surface area contributed by atoms with Gasteiger partial charge in [0.1, 0.15) is 0 Å². The molecule has 0 unspecified atom stereocenters. The summed E-state index contributed by atoms with van der Waals surface area (Å²) in [6.07, 6.45) is 6.40. The molecule has 2 fully saturated rings. The predicted molar refractivity (Wildman–Crippen MR) is 157 cm³/mol. The van der Waals surface area contributed by atoms with Gasteiger partial charge in [0.25, 0.3) is 5.91 Å². The van der Waals surface area contributed by atoms with Crippen LogP contribution in [0.4, 0.5) is 11.4 Å². The maximum absolute atomic E-state index is 13.2. The minimum Gasteiger partial charge on any atom is -0.481 e. The van der Waals surface area contributed by atoms with Gasteiger partial charge < -0.3 is 20.2 Å². The van der Waals surface area contributed by atoms with Gasteiger partial charge in [0.15, 0.2) is 0 Å². The Hall–Kier alpha value is -4.13. The summed E-state index contributed by atoms with van der Waals surface area (Å²) in [7, 11) is 0. The first-order valence-electron chi connectivity index (χ1n) is 14.3. The van der Waals surface area contributed by atoms with E-state index < -0.39 is 5.97 Å². The van der Waals surface area contributed by atoms with E-state index in [1.165, 1.54) is 12.8 Å². The van der Waals surface area contributed by atoms with Gasteiger partial charge in [-0.05, 0) is 72.7 Å². The van der Waals surface area contributed by atoms with Crippen LogP contribution in [0, 0.1) is 5.92 Å². The van der Waals surface area contributed by atoms with Gasteiger partial charge in [0.05, 0.1) is 17.8 Å². The number of nitrogens with zero attached hydrogens (tertiary/aromatic N) is 2. The largest absolute Gasteiger partial charge is 0.481 e. The Labute approximate surface area is 235 Å². The lowest BCUT2D eigenvalue weighted by molar-refractivity contribution is -0.139. The lowest BCUT2D eigenvalue weighted by Crippen LogP contribution is -2.33. The quantitative estimate of drug-likeness (QED) is 0.320. The van der Waals surface area contributed by atoms with Crippen molar-refractivity contribution in [3.8, 4) is 11.1 Å². The number of hydrogen-bond acceptors (Lipinski definition) is 4. The number of amides is 2. The summed E-state index contributed by atoms with van der Waals surface area (Å²) in [5.41, 5.74) is 5.31. The second kappa shape index (κ2) is 12.8. The molecule has 2 aliphatic rings. The smallest absolute Gasteiger partial charge is 0.305 e. The van der Waals surface area contributed by atoms with Gasteiger partial charge in [-0.1, -0.05) is 55.3 Å². The van der Waals surface area contributed by atoms with E-state index in [1.807, 2.05) is 54.6 Å². The van der Waals surface area contributed by atoms with Crippen LogP contribution in [0.1, 0.15) is 60.9 Å². The van der Waals surface area contributed by atoms with Gasteiger partial charge in [-0.3, -0.25) is 14.4 Å². The van der Waals surface area contributed by atoms with Gasteiger partial charge in [-0.25, -0.2) is 0 Å². The van der Waals surface area contributed by atoms with Crippen molar-refractivity contribution in [1.29, 1.82) is 0 Å². The number of nitrogens with one attached hydrogen (secondary N) is 1. The van der Waals surface area contributed by atoms with E-state index in [-0.39, 0.29) is 30.7 Å². The molecule has 2 amide bonds. The molecule has 7 heteroatoms. The maximum Gasteiger partial charge on any atom is 0.305 e. The standard InChI is InChI=1S/C33H37N3O4/c37-31(38)17-20-36(33(40)26-13-14-26)23-24-9-8-12-27(21-24)28-15-16-30(35-18-6-1-2-7-19-35)29(22-28)34-32(39)25-10-4-3-5-11-25/h3-5,8-12,15-16,21-22,26H,1-2,6-7,13-14,17-20,23H2,(H,34,39)(H,37,38). The molecule has 1 aliphatic heterocycles. The molecule has 0 radical (unpaired) electrons. The molecule has 2 N–H and O–H groups in total. The monoisotopic (exact) mass is 539 g/mol.